The quantitative estimate of drug-likeness (QED) is 0.879. The van der Waals surface area contributed by atoms with Crippen LogP contribution in [0.1, 0.15) is 36.6 Å². The summed E-state index contributed by atoms with van der Waals surface area (Å²) < 4.78 is 1.94. The summed E-state index contributed by atoms with van der Waals surface area (Å²) in [4.78, 5) is 0. The van der Waals surface area contributed by atoms with E-state index in [1.165, 1.54) is 5.56 Å². The maximum atomic E-state index is 5.69. The van der Waals surface area contributed by atoms with E-state index in [4.69, 9.17) is 5.73 Å². The Bertz CT molecular complexity index is 512. The smallest absolute Gasteiger partial charge is 0.0680 e. The average Bonchev–Trinajstić information content (AvgIpc) is 2.70. The van der Waals surface area contributed by atoms with Gasteiger partial charge in [-0.3, -0.25) is 0 Å². The van der Waals surface area contributed by atoms with Crippen molar-refractivity contribution in [2.75, 3.05) is 0 Å². The summed E-state index contributed by atoms with van der Waals surface area (Å²) in [5.74, 6) is 0.483. The largest absolute Gasteiger partial charge is 0.326 e. The maximum Gasteiger partial charge on any atom is 0.0680 e. The Morgan fingerprint density at radius 2 is 2.00 bits per heavy atom. The minimum absolute atomic E-state index is 0.483. The summed E-state index contributed by atoms with van der Waals surface area (Å²) in [6, 6.07) is 8.36. The summed E-state index contributed by atoms with van der Waals surface area (Å²) in [5, 5.41) is 4.53. The molecule has 0 saturated carbocycles. The molecule has 3 nitrogen and oxygen atoms in total. The molecule has 0 unspecified atom stereocenters. The molecule has 0 aliphatic heterocycles. The van der Waals surface area contributed by atoms with Gasteiger partial charge >= 0.3 is 0 Å². The lowest BCUT2D eigenvalue weighted by Crippen LogP contribution is -2.01. The van der Waals surface area contributed by atoms with Crippen molar-refractivity contribution >= 4 is 0 Å². The van der Waals surface area contributed by atoms with Crippen molar-refractivity contribution in [3.05, 3.63) is 47.3 Å². The van der Waals surface area contributed by atoms with Gasteiger partial charge in [-0.05, 0) is 24.5 Å². The van der Waals surface area contributed by atoms with Gasteiger partial charge in [0.2, 0.25) is 0 Å². The second-order valence-corrected chi connectivity index (χ2v) is 4.60. The molecule has 2 rings (SSSR count). The zero-order valence-electron chi connectivity index (χ0n) is 10.6. The van der Waals surface area contributed by atoms with Crippen LogP contribution in [0.3, 0.4) is 0 Å². The van der Waals surface area contributed by atoms with Crippen LogP contribution in [0, 0.1) is 6.92 Å². The topological polar surface area (TPSA) is 43.8 Å². The van der Waals surface area contributed by atoms with Crippen LogP contribution in [0.5, 0.6) is 0 Å². The molecular formula is C14H19N3. The molecule has 0 atom stereocenters. The summed E-state index contributed by atoms with van der Waals surface area (Å²) in [6.07, 6.45) is 2.02. The molecule has 2 N–H and O–H groups in total. The third kappa shape index (κ3) is 2.24. The van der Waals surface area contributed by atoms with Crippen LogP contribution >= 0.6 is 0 Å². The van der Waals surface area contributed by atoms with E-state index in [-0.39, 0.29) is 0 Å². The first-order valence-electron chi connectivity index (χ1n) is 5.98. The Morgan fingerprint density at radius 1 is 1.29 bits per heavy atom. The summed E-state index contributed by atoms with van der Waals surface area (Å²) in [6.45, 7) is 6.92. The van der Waals surface area contributed by atoms with Crippen LogP contribution < -0.4 is 5.73 Å². The van der Waals surface area contributed by atoms with E-state index in [1.807, 2.05) is 23.9 Å². The summed E-state index contributed by atoms with van der Waals surface area (Å²) >= 11 is 0. The number of hydrogen-bond donors (Lipinski definition) is 1. The highest BCUT2D eigenvalue weighted by Crippen LogP contribution is 2.23. The molecule has 1 aromatic carbocycles. The Balaban J connectivity index is 2.52. The minimum Gasteiger partial charge on any atom is -0.326 e. The van der Waals surface area contributed by atoms with Crippen molar-refractivity contribution < 1.29 is 0 Å². The molecule has 0 bridgehead atoms. The highest BCUT2D eigenvalue weighted by Gasteiger charge is 2.10. The van der Waals surface area contributed by atoms with Crippen molar-refractivity contribution in [1.82, 2.24) is 9.78 Å². The maximum absolute atomic E-state index is 5.69. The predicted octanol–water partition coefficient (Wildman–Crippen LogP) is 2.76. The minimum atomic E-state index is 0.483. The van der Waals surface area contributed by atoms with Crippen LogP contribution in [0.15, 0.2) is 30.5 Å². The highest BCUT2D eigenvalue weighted by atomic mass is 15.3. The standard InChI is InChI=1S/C14H19N3/c1-10(2)13-6-4-5-7-14(13)17-9-12(8-15)11(3)16-17/h4-7,9-10H,8,15H2,1-3H3. The van der Waals surface area contributed by atoms with Gasteiger partial charge in [-0.2, -0.15) is 5.10 Å². The molecule has 0 saturated heterocycles. The lowest BCUT2D eigenvalue weighted by Gasteiger charge is -2.12. The molecule has 0 fully saturated rings. The van der Waals surface area contributed by atoms with Crippen molar-refractivity contribution in [3.8, 4) is 5.69 Å². The normalized spacial score (nSPS) is 11.1. The van der Waals surface area contributed by atoms with Crippen molar-refractivity contribution in [3.63, 3.8) is 0 Å². The monoisotopic (exact) mass is 229 g/mol. The first-order chi connectivity index (χ1) is 8.13. The molecule has 17 heavy (non-hydrogen) atoms. The van der Waals surface area contributed by atoms with Crippen molar-refractivity contribution in [1.29, 1.82) is 0 Å². The van der Waals surface area contributed by atoms with E-state index < -0.39 is 0 Å². The predicted molar refractivity (Wildman–Crippen MR) is 70.3 cm³/mol. The first-order valence-corrected chi connectivity index (χ1v) is 5.98. The molecule has 0 aliphatic rings. The number of benzene rings is 1. The Morgan fingerprint density at radius 3 is 2.59 bits per heavy atom. The zero-order valence-corrected chi connectivity index (χ0v) is 10.6. The van der Waals surface area contributed by atoms with Gasteiger partial charge in [0, 0.05) is 18.3 Å². The molecule has 1 heterocycles. The first kappa shape index (κ1) is 11.9. The number of nitrogens with two attached hydrogens (primary N) is 1. The lowest BCUT2D eigenvalue weighted by atomic mass is 10.0. The highest BCUT2D eigenvalue weighted by molar-refractivity contribution is 5.43. The molecular weight excluding hydrogens is 210 g/mol. The average molecular weight is 229 g/mol. The lowest BCUT2D eigenvalue weighted by molar-refractivity contribution is 0.802. The third-order valence-corrected chi connectivity index (χ3v) is 3.03. The van der Waals surface area contributed by atoms with E-state index in [0.717, 1.165) is 16.9 Å². The molecule has 90 valence electrons. The van der Waals surface area contributed by atoms with Crippen LogP contribution in [0.2, 0.25) is 0 Å². The number of nitrogens with zero attached hydrogens (tertiary/aromatic N) is 2. The SMILES string of the molecule is Cc1nn(-c2ccccc2C(C)C)cc1CN. The Kier molecular flexibility index (Phi) is 3.29. The Labute approximate surface area is 102 Å². The van der Waals surface area contributed by atoms with Gasteiger partial charge in [0.25, 0.3) is 0 Å². The number of hydrogen-bond acceptors (Lipinski definition) is 2. The van der Waals surface area contributed by atoms with Gasteiger partial charge < -0.3 is 5.73 Å². The number of aryl methyl sites for hydroxylation is 1. The van der Waals surface area contributed by atoms with Crippen LogP contribution in [-0.4, -0.2) is 9.78 Å². The van der Waals surface area contributed by atoms with E-state index in [2.05, 4.69) is 37.1 Å². The number of para-hydroxylation sites is 1. The van der Waals surface area contributed by atoms with Gasteiger partial charge in [-0.15, -0.1) is 0 Å². The van der Waals surface area contributed by atoms with Crippen molar-refractivity contribution in [2.24, 2.45) is 5.73 Å². The fourth-order valence-corrected chi connectivity index (χ4v) is 2.00. The van der Waals surface area contributed by atoms with Gasteiger partial charge in [0.15, 0.2) is 0 Å². The second-order valence-electron chi connectivity index (χ2n) is 4.60. The van der Waals surface area contributed by atoms with Crippen molar-refractivity contribution in [2.45, 2.75) is 33.2 Å². The molecule has 3 heteroatoms. The molecule has 0 aliphatic carbocycles. The third-order valence-electron chi connectivity index (χ3n) is 3.03. The van der Waals surface area contributed by atoms with Gasteiger partial charge in [0.05, 0.1) is 11.4 Å². The van der Waals surface area contributed by atoms with E-state index in [1.54, 1.807) is 0 Å². The fourth-order valence-electron chi connectivity index (χ4n) is 2.00. The fraction of sp³-hybridized carbons (Fsp3) is 0.357. The van der Waals surface area contributed by atoms with Gasteiger partial charge in [0.1, 0.15) is 0 Å². The van der Waals surface area contributed by atoms with Crippen LogP contribution in [-0.2, 0) is 6.54 Å². The number of aromatic nitrogens is 2. The van der Waals surface area contributed by atoms with Gasteiger partial charge in [-0.1, -0.05) is 32.0 Å². The molecule has 2 aromatic rings. The Hall–Kier alpha value is -1.61. The van der Waals surface area contributed by atoms with E-state index >= 15 is 0 Å². The summed E-state index contributed by atoms with van der Waals surface area (Å²) in [5.41, 5.74) is 10.2. The molecule has 0 amide bonds. The zero-order chi connectivity index (χ0) is 12.4. The molecule has 0 radical (unpaired) electrons. The van der Waals surface area contributed by atoms with Crippen LogP contribution in [0.4, 0.5) is 0 Å². The van der Waals surface area contributed by atoms with Gasteiger partial charge in [-0.25, -0.2) is 4.68 Å². The van der Waals surface area contributed by atoms with E-state index in [9.17, 15) is 0 Å². The molecule has 1 aromatic heterocycles. The summed E-state index contributed by atoms with van der Waals surface area (Å²) in [7, 11) is 0. The second kappa shape index (κ2) is 4.72. The van der Waals surface area contributed by atoms with E-state index in [0.29, 0.717) is 12.5 Å². The van der Waals surface area contributed by atoms with Crippen LogP contribution in [0.25, 0.3) is 5.69 Å². The number of rotatable bonds is 3. The molecule has 0 spiro atoms.